The van der Waals surface area contributed by atoms with Gasteiger partial charge in [0.25, 0.3) is 0 Å². The predicted molar refractivity (Wildman–Crippen MR) is 116 cm³/mol. The minimum atomic E-state index is -1.64. The number of hydrogen-bond donors (Lipinski definition) is 2. The first kappa shape index (κ1) is 22.7. The molecule has 2 aromatic carbocycles. The Morgan fingerprint density at radius 2 is 1.91 bits per heavy atom. The van der Waals surface area contributed by atoms with E-state index < -0.39 is 17.9 Å². The maximum absolute atomic E-state index is 15.5. The molecule has 4 N–H and O–H groups in total. The lowest BCUT2D eigenvalue weighted by Crippen LogP contribution is -2.35. The molecule has 0 saturated heterocycles. The van der Waals surface area contributed by atoms with E-state index in [0.717, 1.165) is 16.9 Å². The van der Waals surface area contributed by atoms with Gasteiger partial charge in [-0.2, -0.15) is 10.4 Å². The van der Waals surface area contributed by atoms with E-state index in [1.807, 2.05) is 0 Å². The van der Waals surface area contributed by atoms with Gasteiger partial charge in [0.15, 0.2) is 6.17 Å². The van der Waals surface area contributed by atoms with Crippen molar-refractivity contribution in [2.45, 2.75) is 18.7 Å². The molecule has 2 atom stereocenters. The normalized spacial score (nSPS) is 12.8. The second-order valence-corrected chi connectivity index (χ2v) is 7.01. The van der Waals surface area contributed by atoms with Crippen molar-refractivity contribution in [2.24, 2.45) is 16.8 Å². The zero-order chi connectivity index (χ0) is 22.9. The fraction of sp³-hybridized carbons (Fsp3) is 0.174. The number of nitrogens with two attached hydrogens (primary N) is 2. The van der Waals surface area contributed by atoms with Crippen molar-refractivity contribution in [3.63, 3.8) is 0 Å². The third-order valence-corrected chi connectivity index (χ3v) is 4.81. The smallest absolute Gasteiger partial charge is 0.151 e. The van der Waals surface area contributed by atoms with Crippen LogP contribution in [-0.2, 0) is 6.61 Å². The van der Waals surface area contributed by atoms with Crippen molar-refractivity contribution in [3.05, 3.63) is 95.1 Å². The number of ether oxygens (including phenoxy) is 1. The van der Waals surface area contributed by atoms with Gasteiger partial charge >= 0.3 is 0 Å². The number of nitriles is 1. The van der Waals surface area contributed by atoms with Gasteiger partial charge in [0.1, 0.15) is 24.5 Å². The molecule has 0 amide bonds. The van der Waals surface area contributed by atoms with Crippen LogP contribution in [0.15, 0.2) is 72.0 Å². The second-order valence-electron chi connectivity index (χ2n) is 7.01. The topological polar surface area (TPSA) is 114 Å². The van der Waals surface area contributed by atoms with Gasteiger partial charge in [0.05, 0.1) is 23.5 Å². The highest BCUT2D eigenvalue weighted by molar-refractivity contribution is 5.53. The van der Waals surface area contributed by atoms with Crippen LogP contribution in [-0.4, -0.2) is 22.9 Å². The Hall–Kier alpha value is -4.03. The number of aromatic nitrogens is 1. The number of pyridine rings is 1. The number of rotatable bonds is 9. The molecule has 0 radical (unpaired) electrons. The fourth-order valence-electron chi connectivity index (χ4n) is 3.17. The number of hydrogen-bond acceptors (Lipinski definition) is 6. The van der Waals surface area contributed by atoms with Gasteiger partial charge in [0, 0.05) is 12.5 Å². The Balaban J connectivity index is 1.73. The van der Waals surface area contributed by atoms with Crippen LogP contribution in [0, 0.1) is 17.1 Å². The minimum absolute atomic E-state index is 0.0680. The summed E-state index contributed by atoms with van der Waals surface area (Å²) in [6.45, 7) is 0.200. The molecule has 164 valence electrons. The van der Waals surface area contributed by atoms with E-state index in [-0.39, 0.29) is 24.4 Å². The summed E-state index contributed by atoms with van der Waals surface area (Å²) in [6.07, 6.45) is 0.899. The summed E-state index contributed by atoms with van der Waals surface area (Å²) in [7, 11) is 0. The molecule has 7 nitrogen and oxygen atoms in total. The first-order valence-corrected chi connectivity index (χ1v) is 9.72. The highest BCUT2D eigenvalue weighted by Gasteiger charge is 2.29. The van der Waals surface area contributed by atoms with E-state index in [4.69, 9.17) is 21.7 Å². The van der Waals surface area contributed by atoms with Crippen LogP contribution in [0.25, 0.3) is 0 Å². The summed E-state index contributed by atoms with van der Waals surface area (Å²) in [6, 6.07) is 18.1. The van der Waals surface area contributed by atoms with Gasteiger partial charge in [-0.3, -0.25) is 9.99 Å². The van der Waals surface area contributed by atoms with E-state index in [9.17, 15) is 4.39 Å². The lowest BCUT2D eigenvalue weighted by atomic mass is 9.91. The number of halogens is 2. The molecule has 3 aromatic rings. The molecule has 3 rings (SSSR count). The highest BCUT2D eigenvalue weighted by Crippen LogP contribution is 2.35. The second kappa shape index (κ2) is 10.8. The Labute approximate surface area is 184 Å². The lowest BCUT2D eigenvalue weighted by molar-refractivity contribution is 0.241. The van der Waals surface area contributed by atoms with Crippen molar-refractivity contribution in [3.8, 4) is 11.8 Å². The monoisotopic (exact) mass is 436 g/mol. The van der Waals surface area contributed by atoms with Crippen molar-refractivity contribution < 1.29 is 13.5 Å². The number of hydrazone groups is 1. The quantitative estimate of drug-likeness (QED) is 0.230. The van der Waals surface area contributed by atoms with Gasteiger partial charge in [-0.15, -0.1) is 0 Å². The predicted octanol–water partition coefficient (Wildman–Crippen LogP) is 3.54. The van der Waals surface area contributed by atoms with E-state index in [1.54, 1.807) is 36.4 Å². The van der Waals surface area contributed by atoms with Gasteiger partial charge < -0.3 is 10.6 Å². The zero-order valence-corrected chi connectivity index (χ0v) is 17.1. The number of alkyl halides is 1. The molecule has 0 aliphatic carbocycles. The Bertz CT molecular complexity index is 1080. The Morgan fingerprint density at radius 3 is 2.53 bits per heavy atom. The van der Waals surface area contributed by atoms with E-state index >= 15 is 4.39 Å². The third-order valence-electron chi connectivity index (χ3n) is 4.81. The average molecular weight is 436 g/mol. The highest BCUT2D eigenvalue weighted by atomic mass is 19.1. The van der Waals surface area contributed by atoms with Crippen LogP contribution in [0.1, 0.15) is 34.5 Å². The van der Waals surface area contributed by atoms with Gasteiger partial charge in [-0.25, -0.2) is 14.6 Å². The van der Waals surface area contributed by atoms with Crippen molar-refractivity contribution in [1.29, 1.82) is 5.26 Å². The largest absolute Gasteiger partial charge is 0.487 e. The van der Waals surface area contributed by atoms with Crippen molar-refractivity contribution in [1.82, 2.24) is 9.99 Å². The van der Waals surface area contributed by atoms with Crippen LogP contribution < -0.4 is 16.4 Å². The Morgan fingerprint density at radius 1 is 1.16 bits per heavy atom. The summed E-state index contributed by atoms with van der Waals surface area (Å²) in [5.74, 6) is 9.84. The average Bonchev–Trinajstić information content (AvgIpc) is 2.82. The molecule has 0 bridgehead atoms. The SMILES string of the molecule is N#Cc1ccc(COc2ccc(C(F)C(CN(N)/C=N\N)c3ccccc3F)nc2)cc1. The van der Waals surface area contributed by atoms with Crippen LogP contribution in [0.4, 0.5) is 8.78 Å². The van der Waals surface area contributed by atoms with E-state index in [1.165, 1.54) is 30.5 Å². The van der Waals surface area contributed by atoms with E-state index in [0.29, 0.717) is 11.3 Å². The minimum Gasteiger partial charge on any atom is -0.487 e. The summed E-state index contributed by atoms with van der Waals surface area (Å²) in [4.78, 5) is 4.16. The zero-order valence-electron chi connectivity index (χ0n) is 17.1. The molecule has 1 heterocycles. The van der Waals surface area contributed by atoms with Crippen molar-refractivity contribution in [2.75, 3.05) is 6.54 Å². The molecular formula is C23H22F2N6O. The van der Waals surface area contributed by atoms with Crippen LogP contribution in [0.2, 0.25) is 0 Å². The van der Waals surface area contributed by atoms with Crippen LogP contribution in [0.5, 0.6) is 5.75 Å². The maximum atomic E-state index is 15.5. The molecule has 0 spiro atoms. The summed E-state index contributed by atoms with van der Waals surface area (Å²) in [5.41, 5.74) is 1.72. The molecule has 0 saturated carbocycles. The molecule has 2 unspecified atom stereocenters. The molecule has 0 aliphatic heterocycles. The summed E-state index contributed by atoms with van der Waals surface area (Å²) < 4.78 is 35.5. The van der Waals surface area contributed by atoms with Gasteiger partial charge in [-0.1, -0.05) is 30.3 Å². The molecule has 32 heavy (non-hydrogen) atoms. The van der Waals surface area contributed by atoms with E-state index in [2.05, 4.69) is 16.2 Å². The number of nitrogens with zero attached hydrogens (tertiary/aromatic N) is 4. The Kier molecular flexibility index (Phi) is 7.67. The summed E-state index contributed by atoms with van der Waals surface area (Å²) in [5, 5.41) is 13.3. The van der Waals surface area contributed by atoms with Crippen molar-refractivity contribution >= 4 is 6.34 Å². The first-order valence-electron chi connectivity index (χ1n) is 9.72. The molecule has 9 heteroatoms. The lowest BCUT2D eigenvalue weighted by Gasteiger charge is -2.25. The third kappa shape index (κ3) is 5.77. The van der Waals surface area contributed by atoms with Crippen LogP contribution >= 0.6 is 0 Å². The maximum Gasteiger partial charge on any atom is 0.151 e. The first-order chi connectivity index (χ1) is 15.5. The summed E-state index contributed by atoms with van der Waals surface area (Å²) >= 11 is 0. The van der Waals surface area contributed by atoms with Crippen LogP contribution in [0.3, 0.4) is 0 Å². The number of hydrazine groups is 1. The molecule has 0 aliphatic rings. The van der Waals surface area contributed by atoms with Gasteiger partial charge in [-0.05, 0) is 41.5 Å². The fourth-order valence-corrected chi connectivity index (χ4v) is 3.17. The molecule has 1 aromatic heterocycles. The number of benzene rings is 2. The standard InChI is InChI=1S/C23H22F2N6O/c24-21-4-2-1-3-19(21)20(13-31(28)15-30-27)23(25)22-10-9-18(12-29-22)32-14-17-7-5-16(11-26)6-8-17/h1-10,12,15,20,23H,13-14,27-28H2/b30-15-. The molecule has 0 fully saturated rings. The molecular weight excluding hydrogens is 414 g/mol. The van der Waals surface area contributed by atoms with Gasteiger partial charge in [0.2, 0.25) is 0 Å².